The number of ether oxygens (including phenoxy) is 1. The highest BCUT2D eigenvalue weighted by Gasteiger charge is 2.11. The van der Waals surface area contributed by atoms with Gasteiger partial charge in [-0.3, -0.25) is 9.59 Å². The zero-order valence-electron chi connectivity index (χ0n) is 13.1. The van der Waals surface area contributed by atoms with Crippen LogP contribution in [0.25, 0.3) is 0 Å². The van der Waals surface area contributed by atoms with Crippen LogP contribution in [-0.2, 0) is 14.3 Å². The average molecular weight is 306 g/mol. The summed E-state index contributed by atoms with van der Waals surface area (Å²) in [5, 5.41) is 5.35. The van der Waals surface area contributed by atoms with Crippen molar-refractivity contribution >= 4 is 23.5 Å². The normalized spacial score (nSPS) is 11.4. The van der Waals surface area contributed by atoms with Gasteiger partial charge in [-0.1, -0.05) is 13.3 Å². The lowest BCUT2D eigenvalue weighted by Crippen LogP contribution is -2.35. The number of benzene rings is 1. The molecule has 1 atom stereocenters. The third-order valence-electron chi connectivity index (χ3n) is 2.90. The van der Waals surface area contributed by atoms with E-state index in [0.29, 0.717) is 11.3 Å². The van der Waals surface area contributed by atoms with Crippen LogP contribution in [0.15, 0.2) is 24.3 Å². The van der Waals surface area contributed by atoms with Gasteiger partial charge in [-0.2, -0.15) is 0 Å². The predicted molar refractivity (Wildman–Crippen MR) is 83.5 cm³/mol. The van der Waals surface area contributed by atoms with Crippen molar-refractivity contribution in [3.63, 3.8) is 0 Å². The number of rotatable bonds is 7. The molecule has 0 saturated heterocycles. The van der Waals surface area contributed by atoms with Crippen molar-refractivity contribution < 1.29 is 19.1 Å². The van der Waals surface area contributed by atoms with E-state index in [1.807, 2.05) is 13.8 Å². The van der Waals surface area contributed by atoms with Gasteiger partial charge >= 0.3 is 5.97 Å². The van der Waals surface area contributed by atoms with Gasteiger partial charge < -0.3 is 15.4 Å². The SMILES string of the molecule is CCCC(C)NC(=O)COC(=O)c1ccc(NC(C)=O)cc1. The molecule has 0 radical (unpaired) electrons. The van der Waals surface area contributed by atoms with Crippen molar-refractivity contribution in [2.45, 2.75) is 39.7 Å². The van der Waals surface area contributed by atoms with Crippen molar-refractivity contribution in [1.82, 2.24) is 5.32 Å². The van der Waals surface area contributed by atoms with E-state index in [1.54, 1.807) is 12.1 Å². The molecule has 0 heterocycles. The van der Waals surface area contributed by atoms with Gasteiger partial charge in [-0.25, -0.2) is 4.79 Å². The lowest BCUT2D eigenvalue weighted by atomic mass is 10.2. The number of nitrogens with one attached hydrogen (secondary N) is 2. The van der Waals surface area contributed by atoms with Crippen LogP contribution < -0.4 is 10.6 Å². The largest absolute Gasteiger partial charge is 0.452 e. The summed E-state index contributed by atoms with van der Waals surface area (Å²) in [7, 11) is 0. The minimum Gasteiger partial charge on any atom is -0.452 e. The number of carbonyl (C=O) groups excluding carboxylic acids is 3. The highest BCUT2D eigenvalue weighted by molar-refractivity contribution is 5.93. The second kappa shape index (κ2) is 8.81. The van der Waals surface area contributed by atoms with Crippen LogP contribution in [0.2, 0.25) is 0 Å². The van der Waals surface area contributed by atoms with E-state index >= 15 is 0 Å². The van der Waals surface area contributed by atoms with Crippen molar-refractivity contribution in [2.75, 3.05) is 11.9 Å². The summed E-state index contributed by atoms with van der Waals surface area (Å²) in [6.07, 6.45) is 1.85. The summed E-state index contributed by atoms with van der Waals surface area (Å²) >= 11 is 0. The first-order valence-electron chi connectivity index (χ1n) is 7.26. The fraction of sp³-hybridized carbons (Fsp3) is 0.438. The standard InChI is InChI=1S/C16H22N2O4/c1-4-5-11(2)17-15(20)10-22-16(21)13-6-8-14(9-7-13)18-12(3)19/h6-9,11H,4-5,10H2,1-3H3,(H,17,20)(H,18,19). The zero-order chi connectivity index (χ0) is 16.5. The number of esters is 1. The van der Waals surface area contributed by atoms with Gasteiger partial charge in [0, 0.05) is 18.7 Å². The van der Waals surface area contributed by atoms with Crippen LogP contribution in [0.4, 0.5) is 5.69 Å². The second-order valence-electron chi connectivity index (χ2n) is 5.09. The summed E-state index contributed by atoms with van der Waals surface area (Å²) in [5.41, 5.74) is 0.915. The maximum Gasteiger partial charge on any atom is 0.338 e. The zero-order valence-corrected chi connectivity index (χ0v) is 13.1. The second-order valence-corrected chi connectivity index (χ2v) is 5.09. The molecule has 6 heteroatoms. The van der Waals surface area contributed by atoms with E-state index in [2.05, 4.69) is 10.6 Å². The molecule has 1 aromatic carbocycles. The molecule has 0 saturated carbocycles. The Morgan fingerprint density at radius 1 is 1.18 bits per heavy atom. The maximum atomic E-state index is 11.8. The maximum absolute atomic E-state index is 11.8. The molecule has 22 heavy (non-hydrogen) atoms. The average Bonchev–Trinajstić information content (AvgIpc) is 2.45. The Morgan fingerprint density at radius 2 is 1.82 bits per heavy atom. The fourth-order valence-corrected chi connectivity index (χ4v) is 1.93. The third-order valence-corrected chi connectivity index (χ3v) is 2.90. The van der Waals surface area contributed by atoms with Crippen LogP contribution in [0.3, 0.4) is 0 Å². The van der Waals surface area contributed by atoms with E-state index in [9.17, 15) is 14.4 Å². The molecule has 1 aromatic rings. The molecule has 0 fully saturated rings. The molecule has 0 spiro atoms. The summed E-state index contributed by atoms with van der Waals surface area (Å²) < 4.78 is 4.95. The number of hydrogen-bond donors (Lipinski definition) is 2. The van der Waals surface area contributed by atoms with E-state index < -0.39 is 5.97 Å². The van der Waals surface area contributed by atoms with Crippen LogP contribution in [0, 0.1) is 0 Å². The predicted octanol–water partition coefficient (Wildman–Crippen LogP) is 2.11. The minimum absolute atomic E-state index is 0.0631. The molecular formula is C16H22N2O4. The van der Waals surface area contributed by atoms with Gasteiger partial charge in [0.2, 0.25) is 5.91 Å². The lowest BCUT2D eigenvalue weighted by Gasteiger charge is -2.12. The van der Waals surface area contributed by atoms with E-state index in [0.717, 1.165) is 12.8 Å². The first-order valence-corrected chi connectivity index (χ1v) is 7.26. The smallest absolute Gasteiger partial charge is 0.338 e. The van der Waals surface area contributed by atoms with Crippen LogP contribution >= 0.6 is 0 Å². The Bertz CT molecular complexity index is 525. The Balaban J connectivity index is 2.45. The molecule has 2 N–H and O–H groups in total. The van der Waals surface area contributed by atoms with Gasteiger partial charge in [-0.05, 0) is 37.6 Å². The Morgan fingerprint density at radius 3 is 2.36 bits per heavy atom. The Hall–Kier alpha value is -2.37. The van der Waals surface area contributed by atoms with Gasteiger partial charge in [0.1, 0.15) is 0 Å². The van der Waals surface area contributed by atoms with E-state index in [-0.39, 0.29) is 24.5 Å². The molecule has 1 rings (SSSR count). The monoisotopic (exact) mass is 306 g/mol. The van der Waals surface area contributed by atoms with Crippen molar-refractivity contribution in [3.8, 4) is 0 Å². The van der Waals surface area contributed by atoms with Crippen molar-refractivity contribution in [2.24, 2.45) is 0 Å². The molecule has 0 bridgehead atoms. The number of hydrogen-bond acceptors (Lipinski definition) is 4. The molecule has 1 unspecified atom stereocenters. The van der Waals surface area contributed by atoms with Gasteiger partial charge in [0.25, 0.3) is 5.91 Å². The fourth-order valence-electron chi connectivity index (χ4n) is 1.93. The summed E-state index contributed by atoms with van der Waals surface area (Å²) in [4.78, 5) is 34.3. The van der Waals surface area contributed by atoms with Gasteiger partial charge in [-0.15, -0.1) is 0 Å². The van der Waals surface area contributed by atoms with Crippen LogP contribution in [-0.4, -0.2) is 30.4 Å². The summed E-state index contributed by atoms with van der Waals surface area (Å²) in [5.74, 6) is -1.08. The summed E-state index contributed by atoms with van der Waals surface area (Å²) in [6, 6.07) is 6.33. The van der Waals surface area contributed by atoms with Crippen LogP contribution in [0.1, 0.15) is 44.0 Å². The Labute approximate surface area is 130 Å². The minimum atomic E-state index is -0.576. The van der Waals surface area contributed by atoms with Crippen molar-refractivity contribution in [1.29, 1.82) is 0 Å². The number of anilines is 1. The highest BCUT2D eigenvalue weighted by Crippen LogP contribution is 2.10. The quantitative estimate of drug-likeness (QED) is 0.756. The first kappa shape index (κ1) is 17.7. The molecule has 2 amide bonds. The van der Waals surface area contributed by atoms with E-state index in [1.165, 1.54) is 19.1 Å². The first-order chi connectivity index (χ1) is 10.4. The Kier molecular flexibility index (Phi) is 7.08. The highest BCUT2D eigenvalue weighted by atomic mass is 16.5. The molecular weight excluding hydrogens is 284 g/mol. The molecule has 0 aliphatic rings. The van der Waals surface area contributed by atoms with Crippen molar-refractivity contribution in [3.05, 3.63) is 29.8 Å². The summed E-state index contributed by atoms with van der Waals surface area (Å²) in [6.45, 7) is 5.04. The lowest BCUT2D eigenvalue weighted by molar-refractivity contribution is -0.124. The van der Waals surface area contributed by atoms with Gasteiger partial charge in [0.15, 0.2) is 6.61 Å². The van der Waals surface area contributed by atoms with Gasteiger partial charge in [0.05, 0.1) is 5.56 Å². The van der Waals surface area contributed by atoms with Crippen LogP contribution in [0.5, 0.6) is 0 Å². The third kappa shape index (κ3) is 6.39. The molecule has 0 aliphatic heterocycles. The topological polar surface area (TPSA) is 84.5 Å². The van der Waals surface area contributed by atoms with E-state index in [4.69, 9.17) is 4.74 Å². The number of amides is 2. The molecule has 6 nitrogen and oxygen atoms in total. The molecule has 0 aromatic heterocycles. The molecule has 0 aliphatic carbocycles. The molecule has 120 valence electrons. The number of carbonyl (C=O) groups is 3.